The molecule has 1 heterocycles. The van der Waals surface area contributed by atoms with Gasteiger partial charge >= 0.3 is 0 Å². The summed E-state index contributed by atoms with van der Waals surface area (Å²) in [5.74, 6) is 1.33. The molecule has 3 nitrogen and oxygen atoms in total. The van der Waals surface area contributed by atoms with Gasteiger partial charge in [0.05, 0.1) is 11.1 Å². The molecular formula is C13H19Br2NO2. The van der Waals surface area contributed by atoms with Gasteiger partial charge in [0.25, 0.3) is 0 Å². The maximum atomic E-state index is 5.56. The van der Waals surface area contributed by atoms with Crippen LogP contribution in [0.2, 0.25) is 0 Å². The first-order chi connectivity index (χ1) is 8.54. The summed E-state index contributed by atoms with van der Waals surface area (Å²) in [6, 6.07) is 1.96. The lowest BCUT2D eigenvalue weighted by Gasteiger charge is -2.12. The van der Waals surface area contributed by atoms with Crippen molar-refractivity contribution in [1.29, 1.82) is 0 Å². The molecular weight excluding hydrogens is 362 g/mol. The molecule has 1 aromatic rings. The van der Waals surface area contributed by atoms with Gasteiger partial charge in [0.15, 0.2) is 4.67 Å². The summed E-state index contributed by atoms with van der Waals surface area (Å²) in [5, 5.41) is 3.35. The van der Waals surface area contributed by atoms with E-state index in [9.17, 15) is 0 Å². The molecule has 102 valence electrons. The van der Waals surface area contributed by atoms with Crippen LogP contribution in [0.3, 0.4) is 0 Å². The first-order valence-corrected chi connectivity index (χ1v) is 7.48. The Balaban J connectivity index is 2.66. The van der Waals surface area contributed by atoms with Crippen LogP contribution >= 0.6 is 31.9 Å². The summed E-state index contributed by atoms with van der Waals surface area (Å²) in [4.78, 5) is 0. The molecule has 0 aromatic carbocycles. The van der Waals surface area contributed by atoms with Gasteiger partial charge in [0.1, 0.15) is 5.76 Å². The van der Waals surface area contributed by atoms with Crippen LogP contribution in [0.1, 0.15) is 19.6 Å². The number of furan rings is 1. The predicted molar refractivity (Wildman–Crippen MR) is 81.7 cm³/mol. The lowest BCUT2D eigenvalue weighted by molar-refractivity contribution is 0.200. The molecule has 18 heavy (non-hydrogen) atoms. The van der Waals surface area contributed by atoms with Crippen molar-refractivity contribution in [3.8, 4) is 0 Å². The highest BCUT2D eigenvalue weighted by Crippen LogP contribution is 2.28. The second kappa shape index (κ2) is 8.15. The van der Waals surface area contributed by atoms with Crippen molar-refractivity contribution < 1.29 is 9.15 Å². The summed E-state index contributed by atoms with van der Waals surface area (Å²) in [6.07, 6.45) is 2.08. The molecule has 5 heteroatoms. The number of methoxy groups -OCH3 is 1. The minimum atomic E-state index is 0.475. The molecule has 1 N–H and O–H groups in total. The van der Waals surface area contributed by atoms with Crippen LogP contribution in [-0.4, -0.2) is 26.8 Å². The average molecular weight is 381 g/mol. The van der Waals surface area contributed by atoms with Gasteiger partial charge in [-0.05, 0) is 49.9 Å². The number of hydrogen-bond acceptors (Lipinski definition) is 3. The molecule has 0 radical (unpaired) electrons. The van der Waals surface area contributed by atoms with Gasteiger partial charge in [-0.1, -0.05) is 19.4 Å². The molecule has 0 saturated heterocycles. The normalized spacial score (nSPS) is 12.4. The van der Waals surface area contributed by atoms with Crippen molar-refractivity contribution in [2.24, 2.45) is 5.92 Å². The zero-order valence-electron chi connectivity index (χ0n) is 10.9. The Kier molecular flexibility index (Phi) is 7.22. The van der Waals surface area contributed by atoms with Gasteiger partial charge in [-0.2, -0.15) is 0 Å². The molecule has 0 unspecified atom stereocenters. The largest absolute Gasteiger partial charge is 0.449 e. The quantitative estimate of drug-likeness (QED) is 0.723. The highest BCUT2D eigenvalue weighted by Gasteiger charge is 2.08. The summed E-state index contributed by atoms with van der Waals surface area (Å²) >= 11 is 6.76. The Morgan fingerprint density at radius 2 is 2.22 bits per heavy atom. The molecule has 0 aliphatic rings. The minimum absolute atomic E-state index is 0.475. The van der Waals surface area contributed by atoms with Crippen LogP contribution in [-0.2, 0) is 4.74 Å². The van der Waals surface area contributed by atoms with Crippen LogP contribution in [0.25, 0.3) is 6.08 Å². The van der Waals surface area contributed by atoms with Crippen molar-refractivity contribution >= 4 is 37.9 Å². The summed E-state index contributed by atoms with van der Waals surface area (Å²) in [5.41, 5.74) is 1.31. The van der Waals surface area contributed by atoms with Gasteiger partial charge in [0.2, 0.25) is 0 Å². The Morgan fingerprint density at radius 3 is 2.72 bits per heavy atom. The topological polar surface area (TPSA) is 34.4 Å². The highest BCUT2D eigenvalue weighted by atomic mass is 79.9. The summed E-state index contributed by atoms with van der Waals surface area (Å²) in [6.45, 7) is 6.78. The number of rotatable bonds is 7. The van der Waals surface area contributed by atoms with E-state index in [0.29, 0.717) is 5.92 Å². The zero-order valence-corrected chi connectivity index (χ0v) is 14.1. The van der Waals surface area contributed by atoms with Crippen molar-refractivity contribution in [2.75, 3.05) is 26.8 Å². The second-order valence-corrected chi connectivity index (χ2v) is 5.89. The van der Waals surface area contributed by atoms with E-state index < -0.39 is 0 Å². The molecule has 0 spiro atoms. The van der Waals surface area contributed by atoms with E-state index in [4.69, 9.17) is 9.15 Å². The number of nitrogens with one attached hydrogen (secondary N) is 1. The van der Waals surface area contributed by atoms with Crippen molar-refractivity contribution in [3.05, 3.63) is 26.5 Å². The first kappa shape index (κ1) is 16.0. The number of hydrogen-bond donors (Lipinski definition) is 1. The molecule has 0 amide bonds. The number of ether oxygens (including phenoxy) is 1. The summed E-state index contributed by atoms with van der Waals surface area (Å²) in [7, 11) is 1.71. The molecule has 1 aromatic heterocycles. The van der Waals surface area contributed by atoms with Crippen LogP contribution in [0, 0.1) is 5.92 Å². The van der Waals surface area contributed by atoms with Crippen LogP contribution < -0.4 is 5.32 Å². The van der Waals surface area contributed by atoms with E-state index >= 15 is 0 Å². The molecule has 0 atom stereocenters. The Morgan fingerprint density at radius 1 is 1.50 bits per heavy atom. The Bertz CT molecular complexity index is 380. The molecule has 0 saturated carbocycles. The van der Waals surface area contributed by atoms with E-state index in [0.717, 1.165) is 34.6 Å². The lowest BCUT2D eigenvalue weighted by atomic mass is 10.0. The van der Waals surface area contributed by atoms with E-state index in [-0.39, 0.29) is 0 Å². The standard InChI is InChI=1S/C13H19Br2NO2/c1-9(2)10(8-16-4-5-17-3)6-11-7-12(14)13(15)18-11/h6-7,9,16H,4-5,8H2,1-3H3. The average Bonchev–Trinajstić information content (AvgIpc) is 2.62. The Labute approximate surface area is 125 Å². The monoisotopic (exact) mass is 379 g/mol. The van der Waals surface area contributed by atoms with Crippen molar-refractivity contribution in [2.45, 2.75) is 13.8 Å². The van der Waals surface area contributed by atoms with Crippen LogP contribution in [0.5, 0.6) is 0 Å². The third-order valence-corrected chi connectivity index (χ3v) is 4.26. The van der Waals surface area contributed by atoms with Crippen molar-refractivity contribution in [3.63, 3.8) is 0 Å². The van der Waals surface area contributed by atoms with Gasteiger partial charge in [-0.15, -0.1) is 0 Å². The molecule has 0 aliphatic heterocycles. The van der Waals surface area contributed by atoms with Gasteiger partial charge < -0.3 is 14.5 Å². The SMILES string of the molecule is COCCNCC(=Cc1cc(Br)c(Br)o1)C(C)C. The fourth-order valence-corrected chi connectivity index (χ4v) is 2.05. The van der Waals surface area contributed by atoms with E-state index in [1.165, 1.54) is 5.57 Å². The highest BCUT2D eigenvalue weighted by molar-refractivity contribution is 9.13. The van der Waals surface area contributed by atoms with Crippen LogP contribution in [0.4, 0.5) is 0 Å². The van der Waals surface area contributed by atoms with Gasteiger partial charge in [-0.25, -0.2) is 0 Å². The van der Waals surface area contributed by atoms with E-state index in [1.54, 1.807) is 7.11 Å². The maximum absolute atomic E-state index is 5.56. The fourth-order valence-electron chi connectivity index (χ4n) is 1.45. The second-order valence-electron chi connectivity index (χ2n) is 4.31. The lowest BCUT2D eigenvalue weighted by Crippen LogP contribution is -2.23. The third kappa shape index (κ3) is 5.26. The minimum Gasteiger partial charge on any atom is -0.449 e. The third-order valence-electron chi connectivity index (χ3n) is 2.55. The molecule has 0 fully saturated rings. The zero-order chi connectivity index (χ0) is 13.5. The van der Waals surface area contributed by atoms with Gasteiger partial charge in [-0.3, -0.25) is 0 Å². The molecule has 0 bridgehead atoms. The fraction of sp³-hybridized carbons (Fsp3) is 0.538. The van der Waals surface area contributed by atoms with Gasteiger partial charge in [0, 0.05) is 20.2 Å². The summed E-state index contributed by atoms with van der Waals surface area (Å²) < 4.78 is 12.2. The molecule has 0 aliphatic carbocycles. The van der Waals surface area contributed by atoms with Crippen LogP contribution in [0.15, 0.2) is 25.2 Å². The maximum Gasteiger partial charge on any atom is 0.184 e. The number of halogens is 2. The van der Waals surface area contributed by atoms with Crippen molar-refractivity contribution in [1.82, 2.24) is 5.32 Å². The van der Waals surface area contributed by atoms with E-state index in [1.807, 2.05) is 6.07 Å². The predicted octanol–water partition coefficient (Wildman–Crippen LogP) is 4.08. The van der Waals surface area contributed by atoms with E-state index in [2.05, 4.69) is 57.1 Å². The Hall–Kier alpha value is -0.100. The molecule has 1 rings (SSSR count). The smallest absolute Gasteiger partial charge is 0.184 e. The first-order valence-electron chi connectivity index (χ1n) is 5.89.